The zero-order chi connectivity index (χ0) is 18.6. The number of benzene rings is 3. The Kier molecular flexibility index (Phi) is 5.14. The van der Waals surface area contributed by atoms with Crippen LogP contribution in [-0.4, -0.2) is 18.7 Å². The van der Waals surface area contributed by atoms with Gasteiger partial charge in [0.1, 0.15) is 6.54 Å². The first-order chi connectivity index (χ1) is 13.2. The van der Waals surface area contributed by atoms with E-state index in [1.165, 1.54) is 0 Å². The van der Waals surface area contributed by atoms with Gasteiger partial charge in [-0.3, -0.25) is 9.69 Å². The Morgan fingerprint density at radius 3 is 2.19 bits per heavy atom. The molecule has 0 atom stereocenters. The van der Waals surface area contributed by atoms with Gasteiger partial charge in [0.2, 0.25) is 0 Å². The Balaban J connectivity index is 1.51. The highest BCUT2D eigenvalue weighted by atomic mass is 35.5. The number of hydrogen-bond donors (Lipinski definition) is 1. The number of nitrogens with one attached hydrogen (secondary N) is 1. The number of hydrogen-bond acceptors (Lipinski definition) is 4. The molecule has 4 rings (SSSR count). The molecule has 1 aliphatic rings. The number of halogens is 1. The molecule has 0 saturated heterocycles. The van der Waals surface area contributed by atoms with E-state index in [0.29, 0.717) is 5.02 Å². The summed E-state index contributed by atoms with van der Waals surface area (Å²) >= 11 is 7.55. The second-order valence-corrected chi connectivity index (χ2v) is 7.43. The van der Waals surface area contributed by atoms with Gasteiger partial charge in [0.05, 0.1) is 17.6 Å². The van der Waals surface area contributed by atoms with Crippen LogP contribution >= 0.6 is 23.4 Å². The number of carbonyl (C=O) groups excluding carboxylic acids is 1. The van der Waals surface area contributed by atoms with Crippen LogP contribution < -0.4 is 10.3 Å². The maximum absolute atomic E-state index is 12.9. The molecule has 6 heteroatoms. The molecule has 0 unspecified atom stereocenters. The van der Waals surface area contributed by atoms with Crippen molar-refractivity contribution in [3.05, 3.63) is 83.4 Å². The molecule has 0 fully saturated rings. The van der Waals surface area contributed by atoms with Crippen LogP contribution in [0.1, 0.15) is 5.56 Å². The predicted molar refractivity (Wildman–Crippen MR) is 111 cm³/mol. The number of para-hydroxylation sites is 2. The van der Waals surface area contributed by atoms with E-state index in [2.05, 4.69) is 10.5 Å². The van der Waals surface area contributed by atoms with Crippen molar-refractivity contribution in [2.24, 2.45) is 5.10 Å². The summed E-state index contributed by atoms with van der Waals surface area (Å²) in [6.45, 7) is 0.0947. The quantitative estimate of drug-likeness (QED) is 0.495. The average Bonchev–Trinajstić information content (AvgIpc) is 2.70. The largest absolute Gasteiger partial charge is 0.301 e. The number of fused-ring (bicyclic) bond motifs is 2. The normalized spacial score (nSPS) is 12.6. The fourth-order valence-electron chi connectivity index (χ4n) is 2.83. The third kappa shape index (κ3) is 3.84. The summed E-state index contributed by atoms with van der Waals surface area (Å²) < 4.78 is 0. The van der Waals surface area contributed by atoms with Gasteiger partial charge in [-0.1, -0.05) is 59.8 Å². The van der Waals surface area contributed by atoms with Gasteiger partial charge in [0.25, 0.3) is 5.91 Å². The number of anilines is 2. The smallest absolute Gasteiger partial charge is 0.252 e. The lowest BCUT2D eigenvalue weighted by molar-refractivity contribution is -0.117. The summed E-state index contributed by atoms with van der Waals surface area (Å²) in [4.78, 5) is 16.8. The van der Waals surface area contributed by atoms with Crippen molar-refractivity contribution in [2.75, 3.05) is 11.4 Å². The Morgan fingerprint density at radius 2 is 1.56 bits per heavy atom. The summed E-state index contributed by atoms with van der Waals surface area (Å²) in [6.07, 6.45) is 1.66. The maximum Gasteiger partial charge on any atom is 0.252 e. The van der Waals surface area contributed by atoms with E-state index < -0.39 is 0 Å². The molecule has 0 saturated carbocycles. The van der Waals surface area contributed by atoms with E-state index >= 15 is 0 Å². The third-order valence-electron chi connectivity index (χ3n) is 4.09. The van der Waals surface area contributed by atoms with Gasteiger partial charge in [-0.05, 0) is 42.0 Å². The highest BCUT2D eigenvalue weighted by molar-refractivity contribution is 7.99. The number of carbonyl (C=O) groups is 1. The highest BCUT2D eigenvalue weighted by Gasteiger charge is 2.27. The first-order valence-corrected chi connectivity index (χ1v) is 9.62. The van der Waals surface area contributed by atoms with Gasteiger partial charge < -0.3 is 5.43 Å². The van der Waals surface area contributed by atoms with E-state index in [-0.39, 0.29) is 12.5 Å². The molecular formula is C21H16ClN3OS. The molecule has 1 aliphatic heterocycles. The summed E-state index contributed by atoms with van der Waals surface area (Å²) in [5.74, 6) is -0.0662. The molecular weight excluding hydrogens is 378 g/mol. The number of amides is 1. The van der Waals surface area contributed by atoms with Crippen LogP contribution in [0.4, 0.5) is 11.4 Å². The van der Waals surface area contributed by atoms with Gasteiger partial charge in [0.15, 0.2) is 0 Å². The predicted octanol–water partition coefficient (Wildman–Crippen LogP) is 5.09. The summed E-state index contributed by atoms with van der Waals surface area (Å²) in [6, 6.07) is 23.2. The third-order valence-corrected chi connectivity index (χ3v) is 5.47. The minimum absolute atomic E-state index is 0.0662. The van der Waals surface area contributed by atoms with Gasteiger partial charge in [-0.25, -0.2) is 0 Å². The van der Waals surface area contributed by atoms with Crippen molar-refractivity contribution < 1.29 is 4.79 Å². The van der Waals surface area contributed by atoms with Crippen molar-refractivity contribution >= 4 is 46.9 Å². The second-order valence-electron chi connectivity index (χ2n) is 5.91. The monoisotopic (exact) mass is 393 g/mol. The lowest BCUT2D eigenvalue weighted by Gasteiger charge is -2.30. The molecule has 1 heterocycles. The van der Waals surface area contributed by atoms with Crippen LogP contribution in [0.2, 0.25) is 5.02 Å². The summed E-state index contributed by atoms with van der Waals surface area (Å²) in [7, 11) is 0. The number of nitrogens with zero attached hydrogens (tertiary/aromatic N) is 2. The fourth-order valence-corrected chi connectivity index (χ4v) is 4.02. The zero-order valence-electron chi connectivity index (χ0n) is 14.3. The minimum Gasteiger partial charge on any atom is -0.301 e. The van der Waals surface area contributed by atoms with Crippen molar-refractivity contribution in [3.63, 3.8) is 0 Å². The minimum atomic E-state index is -0.0662. The molecule has 1 amide bonds. The van der Waals surface area contributed by atoms with Crippen molar-refractivity contribution in [2.45, 2.75) is 9.79 Å². The molecule has 27 heavy (non-hydrogen) atoms. The Labute approximate surface area is 166 Å². The van der Waals surface area contributed by atoms with E-state index in [1.54, 1.807) is 35.0 Å². The second kappa shape index (κ2) is 7.86. The summed E-state index contributed by atoms with van der Waals surface area (Å²) in [5, 5.41) is 4.82. The zero-order valence-corrected chi connectivity index (χ0v) is 15.9. The molecule has 0 aromatic heterocycles. The molecule has 0 bridgehead atoms. The first-order valence-electron chi connectivity index (χ1n) is 8.43. The Bertz CT molecular complexity index is 959. The van der Waals surface area contributed by atoms with Crippen LogP contribution in [-0.2, 0) is 4.79 Å². The lowest BCUT2D eigenvalue weighted by Crippen LogP contribution is -2.35. The SMILES string of the molecule is O=C(CNN=Cc1ccc(Cl)cc1)N1c2ccccc2Sc2ccccc21. The van der Waals surface area contributed by atoms with Crippen molar-refractivity contribution in [3.8, 4) is 0 Å². The van der Waals surface area contributed by atoms with Gasteiger partial charge in [-0.2, -0.15) is 5.10 Å². The van der Waals surface area contributed by atoms with E-state index in [9.17, 15) is 4.79 Å². The lowest BCUT2D eigenvalue weighted by atomic mass is 10.2. The maximum atomic E-state index is 12.9. The Hall–Kier alpha value is -2.76. The van der Waals surface area contributed by atoms with E-state index in [0.717, 1.165) is 26.7 Å². The molecule has 1 N–H and O–H groups in total. The van der Waals surface area contributed by atoms with E-state index in [1.807, 2.05) is 60.7 Å². The molecule has 0 aliphatic carbocycles. The number of rotatable bonds is 4. The molecule has 134 valence electrons. The summed E-state index contributed by atoms with van der Waals surface area (Å²) in [5.41, 5.74) is 5.55. The van der Waals surface area contributed by atoms with Crippen LogP contribution in [0.25, 0.3) is 0 Å². The fraction of sp³-hybridized carbons (Fsp3) is 0.0476. The topological polar surface area (TPSA) is 44.7 Å². The van der Waals surface area contributed by atoms with E-state index in [4.69, 9.17) is 11.6 Å². The van der Waals surface area contributed by atoms with Gasteiger partial charge in [-0.15, -0.1) is 0 Å². The van der Waals surface area contributed by atoms with Crippen LogP contribution in [0.15, 0.2) is 87.7 Å². The molecule has 0 radical (unpaired) electrons. The average molecular weight is 394 g/mol. The first kappa shape index (κ1) is 17.6. The molecule has 3 aromatic carbocycles. The Morgan fingerprint density at radius 1 is 0.963 bits per heavy atom. The number of hydrazone groups is 1. The molecule has 0 spiro atoms. The molecule has 4 nitrogen and oxygen atoms in total. The van der Waals surface area contributed by atoms with Crippen LogP contribution in [0.5, 0.6) is 0 Å². The highest BCUT2D eigenvalue weighted by Crippen LogP contribution is 2.47. The van der Waals surface area contributed by atoms with Crippen LogP contribution in [0, 0.1) is 0 Å². The van der Waals surface area contributed by atoms with Crippen molar-refractivity contribution in [1.82, 2.24) is 5.43 Å². The van der Waals surface area contributed by atoms with Crippen LogP contribution in [0.3, 0.4) is 0 Å². The standard InChI is InChI=1S/C21H16ClN3OS/c22-16-11-9-15(10-12-16)13-23-24-14-21(26)25-17-5-1-3-7-19(17)27-20-8-4-2-6-18(20)25/h1-13,24H,14H2. The van der Waals surface area contributed by atoms with Gasteiger partial charge >= 0.3 is 0 Å². The van der Waals surface area contributed by atoms with Crippen molar-refractivity contribution in [1.29, 1.82) is 0 Å². The van der Waals surface area contributed by atoms with Gasteiger partial charge in [0, 0.05) is 14.8 Å². The molecule has 3 aromatic rings.